The summed E-state index contributed by atoms with van der Waals surface area (Å²) in [6.45, 7) is 10.1. The van der Waals surface area contributed by atoms with Gasteiger partial charge in [-0.1, -0.05) is 18.2 Å². The fraction of sp³-hybridized carbons (Fsp3) is 0.429. The van der Waals surface area contributed by atoms with Gasteiger partial charge in [0, 0.05) is 12.6 Å². The van der Waals surface area contributed by atoms with Crippen LogP contribution in [-0.4, -0.2) is 19.8 Å². The molecule has 1 aliphatic rings. The van der Waals surface area contributed by atoms with E-state index in [1.54, 1.807) is 0 Å². The SMILES string of the molecule is C=C(C)CNC(C)c1ccc2c(c1)OCCO2. The van der Waals surface area contributed by atoms with Crippen LogP contribution in [-0.2, 0) is 0 Å². The molecule has 1 aromatic carbocycles. The summed E-state index contributed by atoms with van der Waals surface area (Å²) in [7, 11) is 0. The van der Waals surface area contributed by atoms with E-state index in [2.05, 4.69) is 24.9 Å². The van der Waals surface area contributed by atoms with E-state index >= 15 is 0 Å². The first-order valence-corrected chi connectivity index (χ1v) is 5.94. The van der Waals surface area contributed by atoms with Crippen molar-refractivity contribution in [1.29, 1.82) is 0 Å². The molecule has 0 aromatic heterocycles. The molecule has 1 atom stereocenters. The molecule has 1 heterocycles. The van der Waals surface area contributed by atoms with Crippen LogP contribution in [0.3, 0.4) is 0 Å². The molecule has 1 aromatic rings. The van der Waals surface area contributed by atoms with E-state index in [1.807, 2.05) is 19.1 Å². The molecule has 0 spiro atoms. The Hall–Kier alpha value is -1.48. The van der Waals surface area contributed by atoms with Crippen molar-refractivity contribution in [1.82, 2.24) is 5.32 Å². The summed E-state index contributed by atoms with van der Waals surface area (Å²) in [4.78, 5) is 0. The van der Waals surface area contributed by atoms with Gasteiger partial charge in [-0.05, 0) is 31.5 Å². The van der Waals surface area contributed by atoms with E-state index < -0.39 is 0 Å². The monoisotopic (exact) mass is 233 g/mol. The van der Waals surface area contributed by atoms with Crippen molar-refractivity contribution in [2.24, 2.45) is 0 Å². The predicted molar refractivity (Wildman–Crippen MR) is 68.7 cm³/mol. The maximum atomic E-state index is 5.57. The van der Waals surface area contributed by atoms with E-state index in [9.17, 15) is 0 Å². The Bertz CT molecular complexity index is 415. The molecule has 0 aliphatic carbocycles. The van der Waals surface area contributed by atoms with Crippen molar-refractivity contribution in [3.8, 4) is 11.5 Å². The third-order valence-electron chi connectivity index (χ3n) is 2.78. The second kappa shape index (κ2) is 5.23. The summed E-state index contributed by atoms with van der Waals surface area (Å²) >= 11 is 0. The smallest absolute Gasteiger partial charge is 0.161 e. The van der Waals surface area contributed by atoms with Gasteiger partial charge in [0.05, 0.1) is 0 Å². The number of hydrogen-bond donors (Lipinski definition) is 1. The highest BCUT2D eigenvalue weighted by Crippen LogP contribution is 2.32. The lowest BCUT2D eigenvalue weighted by atomic mass is 10.1. The van der Waals surface area contributed by atoms with Crippen molar-refractivity contribution < 1.29 is 9.47 Å². The largest absolute Gasteiger partial charge is 0.486 e. The normalized spacial score (nSPS) is 15.4. The van der Waals surface area contributed by atoms with Crippen molar-refractivity contribution in [3.05, 3.63) is 35.9 Å². The van der Waals surface area contributed by atoms with Gasteiger partial charge < -0.3 is 14.8 Å². The minimum Gasteiger partial charge on any atom is -0.486 e. The highest BCUT2D eigenvalue weighted by atomic mass is 16.6. The second-order valence-corrected chi connectivity index (χ2v) is 4.46. The highest BCUT2D eigenvalue weighted by molar-refractivity contribution is 5.44. The van der Waals surface area contributed by atoms with Crippen LogP contribution >= 0.6 is 0 Å². The predicted octanol–water partition coefficient (Wildman–Crippen LogP) is 2.68. The Morgan fingerprint density at radius 3 is 2.76 bits per heavy atom. The summed E-state index contributed by atoms with van der Waals surface area (Å²) < 4.78 is 11.1. The average molecular weight is 233 g/mol. The number of fused-ring (bicyclic) bond motifs is 1. The molecule has 0 amide bonds. The molecule has 92 valence electrons. The Balaban J connectivity index is 2.08. The zero-order valence-corrected chi connectivity index (χ0v) is 10.5. The van der Waals surface area contributed by atoms with Crippen molar-refractivity contribution in [3.63, 3.8) is 0 Å². The van der Waals surface area contributed by atoms with Crippen LogP contribution in [0.4, 0.5) is 0 Å². The van der Waals surface area contributed by atoms with Crippen LogP contribution in [0, 0.1) is 0 Å². The summed E-state index contributed by atoms with van der Waals surface area (Å²) in [5, 5.41) is 3.41. The van der Waals surface area contributed by atoms with E-state index in [-0.39, 0.29) is 6.04 Å². The Labute approximate surface area is 102 Å². The van der Waals surface area contributed by atoms with Crippen LogP contribution in [0.5, 0.6) is 11.5 Å². The van der Waals surface area contributed by atoms with Crippen LogP contribution in [0.25, 0.3) is 0 Å². The molecule has 3 heteroatoms. The minimum absolute atomic E-state index is 0.280. The molecule has 0 saturated carbocycles. The topological polar surface area (TPSA) is 30.5 Å². The Morgan fingerprint density at radius 1 is 1.35 bits per heavy atom. The van der Waals surface area contributed by atoms with Gasteiger partial charge in [0.2, 0.25) is 0 Å². The van der Waals surface area contributed by atoms with E-state index in [0.29, 0.717) is 13.2 Å². The first-order valence-electron chi connectivity index (χ1n) is 5.94. The van der Waals surface area contributed by atoms with Gasteiger partial charge in [0.25, 0.3) is 0 Å². The zero-order valence-electron chi connectivity index (χ0n) is 10.5. The first-order chi connectivity index (χ1) is 8.16. The lowest BCUT2D eigenvalue weighted by Gasteiger charge is -2.21. The Morgan fingerprint density at radius 2 is 2.06 bits per heavy atom. The lowest BCUT2D eigenvalue weighted by molar-refractivity contribution is 0.171. The standard InChI is InChI=1S/C14H19NO2/c1-10(2)9-15-11(3)12-4-5-13-14(8-12)17-7-6-16-13/h4-5,8,11,15H,1,6-7,9H2,2-3H3. The van der Waals surface area contributed by atoms with Gasteiger partial charge in [-0.2, -0.15) is 0 Å². The molecule has 0 radical (unpaired) electrons. The summed E-state index contributed by atoms with van der Waals surface area (Å²) in [6.07, 6.45) is 0. The number of nitrogens with one attached hydrogen (secondary N) is 1. The summed E-state index contributed by atoms with van der Waals surface area (Å²) in [6, 6.07) is 6.37. The van der Waals surface area contributed by atoms with E-state index in [0.717, 1.165) is 23.6 Å². The molecule has 0 bridgehead atoms. The van der Waals surface area contributed by atoms with Gasteiger partial charge in [-0.25, -0.2) is 0 Å². The number of benzene rings is 1. The van der Waals surface area contributed by atoms with Crippen molar-refractivity contribution >= 4 is 0 Å². The third-order valence-corrected chi connectivity index (χ3v) is 2.78. The first kappa shape index (κ1) is 12.0. The fourth-order valence-electron chi connectivity index (χ4n) is 1.77. The zero-order chi connectivity index (χ0) is 12.3. The lowest BCUT2D eigenvalue weighted by Crippen LogP contribution is -2.21. The maximum Gasteiger partial charge on any atom is 0.161 e. The van der Waals surface area contributed by atoms with Crippen LogP contribution in [0.2, 0.25) is 0 Å². The fourth-order valence-corrected chi connectivity index (χ4v) is 1.77. The number of hydrogen-bond acceptors (Lipinski definition) is 3. The molecule has 0 fully saturated rings. The number of ether oxygens (including phenoxy) is 2. The van der Waals surface area contributed by atoms with Crippen LogP contribution in [0.1, 0.15) is 25.5 Å². The Kier molecular flexibility index (Phi) is 3.69. The minimum atomic E-state index is 0.280. The molecule has 1 N–H and O–H groups in total. The van der Waals surface area contributed by atoms with Gasteiger partial charge in [0.15, 0.2) is 11.5 Å². The molecule has 1 aliphatic heterocycles. The molecular weight excluding hydrogens is 214 g/mol. The van der Waals surface area contributed by atoms with Gasteiger partial charge >= 0.3 is 0 Å². The van der Waals surface area contributed by atoms with Gasteiger partial charge in [-0.3, -0.25) is 0 Å². The quantitative estimate of drug-likeness (QED) is 0.811. The highest BCUT2D eigenvalue weighted by Gasteiger charge is 2.13. The number of rotatable bonds is 4. The van der Waals surface area contributed by atoms with Crippen LogP contribution < -0.4 is 14.8 Å². The van der Waals surface area contributed by atoms with Crippen molar-refractivity contribution in [2.75, 3.05) is 19.8 Å². The summed E-state index contributed by atoms with van der Waals surface area (Å²) in [5.41, 5.74) is 2.34. The second-order valence-electron chi connectivity index (χ2n) is 4.46. The third kappa shape index (κ3) is 3.01. The summed E-state index contributed by atoms with van der Waals surface area (Å²) in [5.74, 6) is 1.69. The van der Waals surface area contributed by atoms with E-state index in [4.69, 9.17) is 9.47 Å². The molecule has 3 nitrogen and oxygen atoms in total. The molecule has 2 rings (SSSR count). The maximum absolute atomic E-state index is 5.57. The van der Waals surface area contributed by atoms with E-state index in [1.165, 1.54) is 5.56 Å². The van der Waals surface area contributed by atoms with Gasteiger partial charge in [0.1, 0.15) is 13.2 Å². The molecule has 17 heavy (non-hydrogen) atoms. The average Bonchev–Trinajstić information content (AvgIpc) is 2.35. The molecule has 0 saturated heterocycles. The molecular formula is C14H19NO2. The van der Waals surface area contributed by atoms with Crippen molar-refractivity contribution in [2.45, 2.75) is 19.9 Å². The van der Waals surface area contributed by atoms with Gasteiger partial charge in [-0.15, -0.1) is 0 Å². The molecule has 1 unspecified atom stereocenters. The van der Waals surface area contributed by atoms with Crippen LogP contribution in [0.15, 0.2) is 30.4 Å².